The Hall–Kier alpha value is -2.96. The lowest BCUT2D eigenvalue weighted by Crippen LogP contribution is -2.15. The van der Waals surface area contributed by atoms with Gasteiger partial charge in [0.15, 0.2) is 5.76 Å². The van der Waals surface area contributed by atoms with Gasteiger partial charge < -0.3 is 9.73 Å². The van der Waals surface area contributed by atoms with Gasteiger partial charge >= 0.3 is 0 Å². The SMILES string of the molecule is CCC(=O)n1nc(-c2ccco2)nc1NCc1ccc(F)cc1. The molecule has 0 amide bonds. The molecule has 0 bridgehead atoms. The van der Waals surface area contributed by atoms with Crippen molar-refractivity contribution in [3.8, 4) is 11.6 Å². The summed E-state index contributed by atoms with van der Waals surface area (Å²) in [5.41, 5.74) is 0.865. The van der Waals surface area contributed by atoms with Gasteiger partial charge in [-0.25, -0.2) is 4.39 Å². The molecule has 0 fully saturated rings. The molecule has 0 saturated carbocycles. The Bertz CT molecular complexity index is 794. The molecule has 7 heteroatoms. The third-order valence-corrected chi connectivity index (χ3v) is 3.25. The molecular formula is C16H15FN4O2. The minimum Gasteiger partial charge on any atom is -0.461 e. The minimum absolute atomic E-state index is 0.183. The summed E-state index contributed by atoms with van der Waals surface area (Å²) in [5.74, 6) is 0.665. The molecule has 2 aromatic heterocycles. The number of nitrogens with zero attached hydrogens (tertiary/aromatic N) is 3. The van der Waals surface area contributed by atoms with Crippen LogP contribution >= 0.6 is 0 Å². The average Bonchev–Trinajstić information content (AvgIpc) is 3.23. The van der Waals surface area contributed by atoms with Crippen molar-refractivity contribution in [3.05, 3.63) is 54.0 Å². The zero-order valence-electron chi connectivity index (χ0n) is 12.5. The number of hydrogen-bond acceptors (Lipinski definition) is 5. The molecule has 3 aromatic rings. The van der Waals surface area contributed by atoms with Crippen molar-refractivity contribution in [3.63, 3.8) is 0 Å². The van der Waals surface area contributed by atoms with Crippen molar-refractivity contribution in [2.45, 2.75) is 19.9 Å². The van der Waals surface area contributed by atoms with Crippen molar-refractivity contribution in [2.24, 2.45) is 0 Å². The predicted octanol–water partition coefficient (Wildman–Crippen LogP) is 3.34. The van der Waals surface area contributed by atoms with Crippen molar-refractivity contribution in [1.82, 2.24) is 14.8 Å². The molecule has 6 nitrogen and oxygen atoms in total. The second kappa shape index (κ2) is 6.43. The van der Waals surface area contributed by atoms with Crippen LogP contribution in [0.5, 0.6) is 0 Å². The highest BCUT2D eigenvalue weighted by Gasteiger charge is 2.17. The third-order valence-electron chi connectivity index (χ3n) is 3.25. The van der Waals surface area contributed by atoms with Crippen molar-refractivity contribution in [1.29, 1.82) is 0 Å². The van der Waals surface area contributed by atoms with E-state index in [-0.39, 0.29) is 11.7 Å². The van der Waals surface area contributed by atoms with Crippen molar-refractivity contribution in [2.75, 3.05) is 5.32 Å². The fraction of sp³-hybridized carbons (Fsp3) is 0.188. The zero-order valence-corrected chi connectivity index (χ0v) is 12.5. The fourth-order valence-corrected chi connectivity index (χ4v) is 2.04. The molecule has 0 radical (unpaired) electrons. The van der Waals surface area contributed by atoms with Crippen LogP contribution in [0.2, 0.25) is 0 Å². The van der Waals surface area contributed by atoms with Crippen LogP contribution in [0, 0.1) is 5.82 Å². The van der Waals surface area contributed by atoms with Crippen LogP contribution in [0.3, 0.4) is 0 Å². The van der Waals surface area contributed by atoms with Gasteiger partial charge in [-0.05, 0) is 29.8 Å². The molecule has 1 N–H and O–H groups in total. The summed E-state index contributed by atoms with van der Waals surface area (Å²) in [7, 11) is 0. The molecule has 0 aliphatic heterocycles. The molecule has 0 unspecified atom stereocenters. The molecular weight excluding hydrogens is 299 g/mol. The number of carbonyl (C=O) groups is 1. The molecule has 0 spiro atoms. The van der Waals surface area contributed by atoms with Crippen LogP contribution in [0.4, 0.5) is 10.3 Å². The van der Waals surface area contributed by atoms with E-state index in [0.717, 1.165) is 5.56 Å². The van der Waals surface area contributed by atoms with Crippen molar-refractivity contribution < 1.29 is 13.6 Å². The minimum atomic E-state index is -0.293. The lowest BCUT2D eigenvalue weighted by Gasteiger charge is -2.06. The Balaban J connectivity index is 1.84. The standard InChI is InChI=1S/C16H15FN4O2/c1-2-14(22)21-16(18-10-11-5-7-12(17)8-6-11)19-15(20-21)13-4-3-9-23-13/h3-9H,2,10H2,1H3,(H,18,19,20). The maximum atomic E-state index is 12.9. The first-order valence-corrected chi connectivity index (χ1v) is 7.20. The Morgan fingerprint density at radius 1 is 1.30 bits per heavy atom. The molecule has 23 heavy (non-hydrogen) atoms. The number of benzene rings is 1. The monoisotopic (exact) mass is 314 g/mol. The molecule has 0 aliphatic carbocycles. The van der Waals surface area contributed by atoms with E-state index in [1.165, 1.54) is 23.1 Å². The summed E-state index contributed by atoms with van der Waals surface area (Å²) in [6.07, 6.45) is 1.81. The fourth-order valence-electron chi connectivity index (χ4n) is 2.04. The van der Waals surface area contributed by atoms with E-state index in [4.69, 9.17) is 4.42 Å². The molecule has 118 valence electrons. The average molecular weight is 314 g/mol. The number of halogens is 1. The smallest absolute Gasteiger partial charge is 0.249 e. The topological polar surface area (TPSA) is 73.0 Å². The Morgan fingerprint density at radius 3 is 2.74 bits per heavy atom. The van der Waals surface area contributed by atoms with Gasteiger partial charge in [0.1, 0.15) is 5.82 Å². The van der Waals surface area contributed by atoms with Crippen LogP contribution in [0.1, 0.15) is 23.7 Å². The highest BCUT2D eigenvalue weighted by molar-refractivity contribution is 5.80. The van der Waals surface area contributed by atoms with Gasteiger partial charge in [-0.15, -0.1) is 5.10 Å². The third kappa shape index (κ3) is 3.28. The number of furan rings is 1. The maximum Gasteiger partial charge on any atom is 0.249 e. The van der Waals surface area contributed by atoms with Crippen LogP contribution in [-0.2, 0) is 6.54 Å². The van der Waals surface area contributed by atoms with E-state index in [1.807, 2.05) is 0 Å². The first kappa shape index (κ1) is 15.0. The highest BCUT2D eigenvalue weighted by Crippen LogP contribution is 2.19. The van der Waals surface area contributed by atoms with E-state index in [9.17, 15) is 9.18 Å². The van der Waals surface area contributed by atoms with E-state index < -0.39 is 0 Å². The summed E-state index contributed by atoms with van der Waals surface area (Å²) in [6, 6.07) is 9.54. The summed E-state index contributed by atoms with van der Waals surface area (Å²) >= 11 is 0. The maximum absolute atomic E-state index is 12.9. The first-order valence-electron chi connectivity index (χ1n) is 7.20. The second-order valence-corrected chi connectivity index (χ2v) is 4.88. The van der Waals surface area contributed by atoms with Crippen molar-refractivity contribution >= 4 is 11.9 Å². The quantitative estimate of drug-likeness (QED) is 0.782. The number of carbonyl (C=O) groups excluding carboxylic acids is 1. The summed E-state index contributed by atoms with van der Waals surface area (Å²) in [4.78, 5) is 16.3. The highest BCUT2D eigenvalue weighted by atomic mass is 19.1. The number of aromatic nitrogens is 3. The normalized spacial score (nSPS) is 10.7. The predicted molar refractivity (Wildman–Crippen MR) is 82.4 cm³/mol. The first-order chi connectivity index (χ1) is 11.2. The Labute approximate surface area is 132 Å². The lowest BCUT2D eigenvalue weighted by atomic mass is 10.2. The summed E-state index contributed by atoms with van der Waals surface area (Å²) in [5, 5.41) is 7.24. The van der Waals surface area contributed by atoms with Gasteiger partial charge in [-0.1, -0.05) is 19.1 Å². The molecule has 0 atom stereocenters. The van der Waals surface area contributed by atoms with E-state index in [0.29, 0.717) is 30.5 Å². The summed E-state index contributed by atoms with van der Waals surface area (Å²) < 4.78 is 19.4. The largest absolute Gasteiger partial charge is 0.461 e. The van der Waals surface area contributed by atoms with Crippen LogP contribution in [-0.4, -0.2) is 20.7 Å². The zero-order chi connectivity index (χ0) is 16.2. The van der Waals surface area contributed by atoms with Gasteiger partial charge in [0.05, 0.1) is 6.26 Å². The molecule has 0 saturated heterocycles. The van der Waals surface area contributed by atoms with Gasteiger partial charge in [0, 0.05) is 13.0 Å². The second-order valence-electron chi connectivity index (χ2n) is 4.88. The van der Waals surface area contributed by atoms with Gasteiger partial charge in [-0.3, -0.25) is 4.79 Å². The van der Waals surface area contributed by atoms with Crippen LogP contribution in [0.15, 0.2) is 47.1 Å². The Morgan fingerprint density at radius 2 is 2.09 bits per heavy atom. The molecule has 1 aromatic carbocycles. The summed E-state index contributed by atoms with van der Waals surface area (Å²) in [6.45, 7) is 2.15. The van der Waals surface area contributed by atoms with Crippen LogP contribution in [0.25, 0.3) is 11.6 Å². The Kier molecular flexibility index (Phi) is 4.18. The van der Waals surface area contributed by atoms with Crippen LogP contribution < -0.4 is 5.32 Å². The van der Waals surface area contributed by atoms with Gasteiger partial charge in [-0.2, -0.15) is 9.67 Å². The molecule has 2 heterocycles. The van der Waals surface area contributed by atoms with Gasteiger partial charge in [0.2, 0.25) is 17.7 Å². The molecule has 3 rings (SSSR count). The van der Waals surface area contributed by atoms with Gasteiger partial charge in [0.25, 0.3) is 0 Å². The lowest BCUT2D eigenvalue weighted by molar-refractivity contribution is 0.0895. The number of nitrogens with one attached hydrogen (secondary N) is 1. The number of anilines is 1. The van der Waals surface area contributed by atoms with E-state index in [2.05, 4.69) is 15.4 Å². The molecule has 0 aliphatic rings. The number of hydrogen-bond donors (Lipinski definition) is 1. The number of rotatable bonds is 5. The van der Waals surface area contributed by atoms with E-state index in [1.54, 1.807) is 31.2 Å². The van der Waals surface area contributed by atoms with E-state index >= 15 is 0 Å².